The van der Waals surface area contributed by atoms with Gasteiger partial charge in [0, 0.05) is 30.7 Å². The maximum absolute atomic E-state index is 8.11. The third kappa shape index (κ3) is 3.52. The Bertz CT molecular complexity index is 486. The lowest BCUT2D eigenvalue weighted by molar-refractivity contribution is -0.0395. The van der Waals surface area contributed by atoms with Gasteiger partial charge in [-0.15, -0.1) is 0 Å². The highest BCUT2D eigenvalue weighted by atomic mass is 16.5. The van der Waals surface area contributed by atoms with Gasteiger partial charge in [-0.25, -0.2) is 4.68 Å². The Balaban J connectivity index is 1.90. The van der Waals surface area contributed by atoms with Crippen molar-refractivity contribution in [2.24, 2.45) is 5.11 Å². The molecule has 6 nitrogen and oxygen atoms in total. The average molecular weight is 245 g/mol. The van der Waals surface area contributed by atoms with Crippen LogP contribution in [0.15, 0.2) is 17.5 Å². The number of aromatic nitrogens is 2. The van der Waals surface area contributed by atoms with Crippen molar-refractivity contribution in [1.82, 2.24) is 9.78 Å². The SMILES string of the molecule is [N-]=[N+]=NCCC#Cc1cnn([C@@H]2CCCCO2)c1. The molecule has 2 rings (SSSR count). The Hall–Kier alpha value is -1.96. The van der Waals surface area contributed by atoms with Gasteiger partial charge in [-0.3, -0.25) is 0 Å². The smallest absolute Gasteiger partial charge is 0.150 e. The molecule has 0 bridgehead atoms. The van der Waals surface area contributed by atoms with Gasteiger partial charge in [0.05, 0.1) is 11.8 Å². The minimum atomic E-state index is 0.0532. The Kier molecular flexibility index (Phi) is 4.65. The molecule has 0 spiro atoms. The van der Waals surface area contributed by atoms with Crippen molar-refractivity contribution >= 4 is 0 Å². The summed E-state index contributed by atoms with van der Waals surface area (Å²) in [6.07, 6.45) is 7.56. The van der Waals surface area contributed by atoms with Crippen LogP contribution in [0.2, 0.25) is 0 Å². The number of ether oxygens (including phenoxy) is 1. The molecule has 1 aliphatic rings. The number of azide groups is 1. The first-order valence-corrected chi connectivity index (χ1v) is 6.05. The second-order valence-electron chi connectivity index (χ2n) is 4.04. The molecular formula is C12H15N5O. The highest BCUT2D eigenvalue weighted by Crippen LogP contribution is 2.21. The molecule has 1 saturated heterocycles. The zero-order chi connectivity index (χ0) is 12.6. The van der Waals surface area contributed by atoms with E-state index in [4.69, 9.17) is 10.3 Å². The first kappa shape index (κ1) is 12.5. The molecule has 1 fully saturated rings. The van der Waals surface area contributed by atoms with E-state index in [2.05, 4.69) is 27.0 Å². The summed E-state index contributed by atoms with van der Waals surface area (Å²) < 4.78 is 7.46. The van der Waals surface area contributed by atoms with Crippen LogP contribution in [0.25, 0.3) is 10.4 Å². The maximum Gasteiger partial charge on any atom is 0.150 e. The zero-order valence-corrected chi connectivity index (χ0v) is 10.1. The van der Waals surface area contributed by atoms with Crippen molar-refractivity contribution in [1.29, 1.82) is 0 Å². The van der Waals surface area contributed by atoms with Gasteiger partial charge in [0.1, 0.15) is 6.23 Å². The Morgan fingerprint density at radius 1 is 1.61 bits per heavy atom. The summed E-state index contributed by atoms with van der Waals surface area (Å²) in [5.41, 5.74) is 8.98. The Morgan fingerprint density at radius 3 is 3.33 bits per heavy atom. The quantitative estimate of drug-likeness (QED) is 0.270. The lowest BCUT2D eigenvalue weighted by Crippen LogP contribution is -2.18. The van der Waals surface area contributed by atoms with Crippen LogP contribution in [-0.2, 0) is 4.74 Å². The molecule has 0 amide bonds. The predicted molar refractivity (Wildman–Crippen MR) is 66.6 cm³/mol. The molecular weight excluding hydrogens is 230 g/mol. The van der Waals surface area contributed by atoms with Crippen molar-refractivity contribution in [2.45, 2.75) is 31.9 Å². The summed E-state index contributed by atoms with van der Waals surface area (Å²) in [7, 11) is 0. The zero-order valence-electron chi connectivity index (χ0n) is 10.1. The van der Waals surface area contributed by atoms with Gasteiger partial charge in [0.25, 0.3) is 0 Å². The molecule has 1 aliphatic heterocycles. The average Bonchev–Trinajstić information content (AvgIpc) is 2.88. The van der Waals surface area contributed by atoms with Gasteiger partial charge < -0.3 is 4.74 Å². The summed E-state index contributed by atoms with van der Waals surface area (Å²) >= 11 is 0. The van der Waals surface area contributed by atoms with E-state index in [0.717, 1.165) is 25.0 Å². The molecule has 0 radical (unpaired) electrons. The molecule has 18 heavy (non-hydrogen) atoms. The van der Waals surface area contributed by atoms with Crippen LogP contribution < -0.4 is 0 Å². The third-order valence-corrected chi connectivity index (χ3v) is 2.68. The van der Waals surface area contributed by atoms with Crippen LogP contribution in [-0.4, -0.2) is 22.9 Å². The summed E-state index contributed by atoms with van der Waals surface area (Å²) in [4.78, 5) is 2.67. The van der Waals surface area contributed by atoms with Crippen LogP contribution >= 0.6 is 0 Å². The van der Waals surface area contributed by atoms with E-state index in [1.165, 1.54) is 6.42 Å². The standard InChI is InChI=1S/C12H15N5O/c13-16-14-7-3-1-5-11-9-15-17(10-11)12-6-2-4-8-18-12/h9-10,12H,2-4,6-8H2/t12-/m0/s1. The lowest BCUT2D eigenvalue weighted by atomic mass is 10.2. The largest absolute Gasteiger partial charge is 0.357 e. The van der Waals surface area contributed by atoms with Crippen LogP contribution in [0.4, 0.5) is 0 Å². The highest BCUT2D eigenvalue weighted by molar-refractivity contribution is 5.29. The van der Waals surface area contributed by atoms with E-state index in [1.807, 2.05) is 10.9 Å². The molecule has 2 heterocycles. The normalized spacial score (nSPS) is 18.6. The van der Waals surface area contributed by atoms with E-state index in [0.29, 0.717) is 13.0 Å². The van der Waals surface area contributed by atoms with Crippen LogP contribution in [0.3, 0.4) is 0 Å². The molecule has 6 heteroatoms. The van der Waals surface area contributed by atoms with Gasteiger partial charge >= 0.3 is 0 Å². The highest BCUT2D eigenvalue weighted by Gasteiger charge is 2.15. The summed E-state index contributed by atoms with van der Waals surface area (Å²) in [5, 5.41) is 7.68. The van der Waals surface area contributed by atoms with Crippen LogP contribution in [0.1, 0.15) is 37.5 Å². The lowest BCUT2D eigenvalue weighted by Gasteiger charge is -2.22. The molecule has 0 aliphatic carbocycles. The van der Waals surface area contributed by atoms with Crippen molar-refractivity contribution < 1.29 is 4.74 Å². The van der Waals surface area contributed by atoms with E-state index in [9.17, 15) is 0 Å². The number of nitrogens with zero attached hydrogens (tertiary/aromatic N) is 5. The Labute approximate surface area is 106 Å². The van der Waals surface area contributed by atoms with E-state index in [1.54, 1.807) is 6.20 Å². The van der Waals surface area contributed by atoms with Gasteiger partial charge in [-0.1, -0.05) is 17.0 Å². The first-order valence-electron chi connectivity index (χ1n) is 6.05. The monoisotopic (exact) mass is 245 g/mol. The minimum absolute atomic E-state index is 0.0532. The summed E-state index contributed by atoms with van der Waals surface area (Å²) in [6, 6.07) is 0. The molecule has 0 unspecified atom stereocenters. The fourth-order valence-corrected chi connectivity index (χ4v) is 1.81. The van der Waals surface area contributed by atoms with Gasteiger partial charge in [0.15, 0.2) is 0 Å². The number of hydrogen-bond acceptors (Lipinski definition) is 3. The van der Waals surface area contributed by atoms with Crippen molar-refractivity contribution in [3.63, 3.8) is 0 Å². The predicted octanol–water partition coefficient (Wildman–Crippen LogP) is 2.63. The Morgan fingerprint density at radius 2 is 2.56 bits per heavy atom. The fraction of sp³-hybridized carbons (Fsp3) is 0.583. The number of rotatable bonds is 3. The third-order valence-electron chi connectivity index (χ3n) is 2.68. The minimum Gasteiger partial charge on any atom is -0.357 e. The number of hydrogen-bond donors (Lipinski definition) is 0. The van der Waals surface area contributed by atoms with Gasteiger partial charge in [0.2, 0.25) is 0 Å². The van der Waals surface area contributed by atoms with Crippen molar-refractivity contribution in [2.75, 3.05) is 13.2 Å². The topological polar surface area (TPSA) is 75.8 Å². The summed E-state index contributed by atoms with van der Waals surface area (Å²) in [5.74, 6) is 5.93. The first-order chi connectivity index (χ1) is 8.90. The molecule has 0 N–H and O–H groups in total. The maximum atomic E-state index is 8.11. The molecule has 0 aromatic carbocycles. The van der Waals surface area contributed by atoms with Gasteiger partial charge in [-0.2, -0.15) is 5.10 Å². The fourth-order valence-electron chi connectivity index (χ4n) is 1.81. The second-order valence-corrected chi connectivity index (χ2v) is 4.04. The molecule has 94 valence electrons. The van der Waals surface area contributed by atoms with Crippen LogP contribution in [0, 0.1) is 11.8 Å². The van der Waals surface area contributed by atoms with Crippen molar-refractivity contribution in [3.05, 3.63) is 28.4 Å². The van der Waals surface area contributed by atoms with Crippen molar-refractivity contribution in [3.8, 4) is 11.8 Å². The molecule has 1 aromatic heterocycles. The van der Waals surface area contributed by atoms with Crippen LogP contribution in [0.5, 0.6) is 0 Å². The molecule has 1 atom stereocenters. The van der Waals surface area contributed by atoms with E-state index >= 15 is 0 Å². The van der Waals surface area contributed by atoms with E-state index < -0.39 is 0 Å². The second kappa shape index (κ2) is 6.70. The summed E-state index contributed by atoms with van der Waals surface area (Å²) in [6.45, 7) is 1.21. The van der Waals surface area contributed by atoms with Gasteiger partial charge in [-0.05, 0) is 24.8 Å². The van der Waals surface area contributed by atoms with E-state index in [-0.39, 0.29) is 6.23 Å². The molecule has 0 saturated carbocycles. The molecule has 1 aromatic rings.